The molecule has 0 spiro atoms. The molecule has 1 aliphatic carbocycles. The van der Waals surface area contributed by atoms with Crippen LogP contribution >= 0.6 is 11.6 Å². The minimum Gasteiger partial charge on any atom is -0.466 e. The predicted octanol–water partition coefficient (Wildman–Crippen LogP) is 4.85. The molecule has 1 aliphatic rings. The summed E-state index contributed by atoms with van der Waals surface area (Å²) < 4.78 is 5.03. The van der Waals surface area contributed by atoms with Gasteiger partial charge in [0.05, 0.1) is 13.0 Å². The van der Waals surface area contributed by atoms with Crippen LogP contribution < -0.4 is 0 Å². The molecule has 0 saturated heterocycles. The Hall–Kier alpha value is -1.55. The number of carbonyl (C=O) groups excluding carboxylic acids is 2. The lowest BCUT2D eigenvalue weighted by atomic mass is 9.95. The number of halogens is 1. The molecule has 1 amide bonds. The number of carbonyl (C=O) groups is 2. The lowest BCUT2D eigenvalue weighted by molar-refractivity contribution is -0.143. The Morgan fingerprint density at radius 1 is 1.16 bits per heavy atom. The molecule has 1 fully saturated rings. The first-order chi connectivity index (χ1) is 12.1. The molecular formula is C20H28ClNO3. The SMILES string of the molecule is CCOC(=O)CCN(C(=O)c1cccc(Cl)c1)C1CCCCCCC1. The summed E-state index contributed by atoms with van der Waals surface area (Å²) in [5.74, 6) is -0.297. The normalized spacial score (nSPS) is 15.9. The van der Waals surface area contributed by atoms with Gasteiger partial charge in [0.1, 0.15) is 0 Å². The predicted molar refractivity (Wildman–Crippen MR) is 99.8 cm³/mol. The van der Waals surface area contributed by atoms with Crippen LogP contribution in [-0.4, -0.2) is 36.0 Å². The van der Waals surface area contributed by atoms with Gasteiger partial charge in [-0.3, -0.25) is 9.59 Å². The second-order valence-corrected chi connectivity index (χ2v) is 7.00. The summed E-state index contributed by atoms with van der Waals surface area (Å²) in [6.07, 6.45) is 8.19. The number of esters is 1. The number of hydrogen-bond donors (Lipinski definition) is 0. The van der Waals surface area contributed by atoms with Gasteiger partial charge in [-0.15, -0.1) is 0 Å². The van der Waals surface area contributed by atoms with Crippen LogP contribution in [0, 0.1) is 0 Å². The monoisotopic (exact) mass is 365 g/mol. The van der Waals surface area contributed by atoms with E-state index < -0.39 is 0 Å². The Kier molecular flexibility index (Phi) is 8.26. The minimum atomic E-state index is -0.253. The van der Waals surface area contributed by atoms with Crippen molar-refractivity contribution in [3.05, 3.63) is 34.9 Å². The smallest absolute Gasteiger partial charge is 0.307 e. The molecule has 25 heavy (non-hydrogen) atoms. The van der Waals surface area contributed by atoms with Crippen LogP contribution in [0.3, 0.4) is 0 Å². The summed E-state index contributed by atoms with van der Waals surface area (Å²) in [7, 11) is 0. The maximum atomic E-state index is 13.1. The Labute approximate surface area is 155 Å². The highest BCUT2D eigenvalue weighted by atomic mass is 35.5. The van der Waals surface area contributed by atoms with Crippen molar-refractivity contribution in [1.29, 1.82) is 0 Å². The fourth-order valence-electron chi connectivity index (χ4n) is 3.43. The maximum absolute atomic E-state index is 13.1. The van der Waals surface area contributed by atoms with Crippen molar-refractivity contribution in [1.82, 2.24) is 4.90 Å². The molecule has 0 bridgehead atoms. The number of hydrogen-bond acceptors (Lipinski definition) is 3. The van der Waals surface area contributed by atoms with Crippen LogP contribution in [0.5, 0.6) is 0 Å². The van der Waals surface area contributed by atoms with Gasteiger partial charge in [0, 0.05) is 23.2 Å². The van der Waals surface area contributed by atoms with Gasteiger partial charge >= 0.3 is 5.97 Å². The summed E-state index contributed by atoms with van der Waals surface area (Å²) in [4.78, 5) is 26.7. The third kappa shape index (κ3) is 6.35. The zero-order chi connectivity index (χ0) is 18.1. The van der Waals surface area contributed by atoms with E-state index in [0.717, 1.165) is 25.7 Å². The molecule has 0 aliphatic heterocycles. The minimum absolute atomic E-state index is 0.0441. The van der Waals surface area contributed by atoms with Gasteiger partial charge in [-0.05, 0) is 38.0 Å². The molecule has 0 heterocycles. The number of rotatable bonds is 6. The van der Waals surface area contributed by atoms with Gasteiger partial charge in [0.15, 0.2) is 0 Å². The topological polar surface area (TPSA) is 46.6 Å². The summed E-state index contributed by atoms with van der Waals surface area (Å²) in [6, 6.07) is 7.22. The van der Waals surface area contributed by atoms with Crippen LogP contribution in [0.2, 0.25) is 5.02 Å². The van der Waals surface area contributed by atoms with E-state index in [2.05, 4.69) is 0 Å². The van der Waals surface area contributed by atoms with Crippen LogP contribution in [0.4, 0.5) is 0 Å². The highest BCUT2D eigenvalue weighted by Gasteiger charge is 2.26. The van der Waals surface area contributed by atoms with E-state index in [1.165, 1.54) is 19.3 Å². The van der Waals surface area contributed by atoms with Gasteiger partial charge in [0.2, 0.25) is 0 Å². The van der Waals surface area contributed by atoms with E-state index in [1.807, 2.05) is 4.90 Å². The zero-order valence-electron chi connectivity index (χ0n) is 15.0. The van der Waals surface area contributed by atoms with Gasteiger partial charge < -0.3 is 9.64 Å². The average Bonchev–Trinajstić information content (AvgIpc) is 2.56. The Balaban J connectivity index is 2.14. The third-order valence-corrected chi connectivity index (χ3v) is 4.95. The standard InChI is InChI=1S/C20H28ClNO3/c1-2-25-19(23)13-14-22(18-11-6-4-3-5-7-12-18)20(24)16-9-8-10-17(21)15-16/h8-10,15,18H,2-7,11-14H2,1H3. The highest BCUT2D eigenvalue weighted by Crippen LogP contribution is 2.24. The lowest BCUT2D eigenvalue weighted by Crippen LogP contribution is -2.42. The van der Waals surface area contributed by atoms with Gasteiger partial charge in [-0.25, -0.2) is 0 Å². The molecule has 4 nitrogen and oxygen atoms in total. The fraction of sp³-hybridized carbons (Fsp3) is 0.600. The summed E-state index contributed by atoms with van der Waals surface area (Å²) in [5.41, 5.74) is 0.582. The van der Waals surface area contributed by atoms with Gasteiger partial charge in [-0.1, -0.05) is 49.8 Å². The van der Waals surface area contributed by atoms with Crippen LogP contribution in [-0.2, 0) is 9.53 Å². The van der Waals surface area contributed by atoms with Crippen LogP contribution in [0.1, 0.15) is 68.6 Å². The summed E-state index contributed by atoms with van der Waals surface area (Å²) >= 11 is 6.05. The van der Waals surface area contributed by atoms with Gasteiger partial charge in [-0.2, -0.15) is 0 Å². The largest absolute Gasteiger partial charge is 0.466 e. The van der Waals surface area contributed by atoms with E-state index >= 15 is 0 Å². The fourth-order valence-corrected chi connectivity index (χ4v) is 3.62. The molecule has 5 heteroatoms. The number of benzene rings is 1. The summed E-state index contributed by atoms with van der Waals surface area (Å²) in [6.45, 7) is 2.56. The molecule has 0 unspecified atom stereocenters. The van der Waals surface area contributed by atoms with E-state index in [1.54, 1.807) is 31.2 Å². The van der Waals surface area contributed by atoms with Crippen LogP contribution in [0.25, 0.3) is 0 Å². The van der Waals surface area contributed by atoms with E-state index in [4.69, 9.17) is 16.3 Å². The zero-order valence-corrected chi connectivity index (χ0v) is 15.8. The molecular weight excluding hydrogens is 338 g/mol. The lowest BCUT2D eigenvalue weighted by Gasteiger charge is -2.33. The average molecular weight is 366 g/mol. The molecule has 138 valence electrons. The molecule has 2 rings (SSSR count). The number of nitrogens with zero attached hydrogens (tertiary/aromatic N) is 1. The van der Waals surface area contributed by atoms with E-state index in [0.29, 0.717) is 23.7 Å². The number of ether oxygens (including phenoxy) is 1. The van der Waals surface area contributed by atoms with Crippen molar-refractivity contribution < 1.29 is 14.3 Å². The van der Waals surface area contributed by atoms with Crippen molar-refractivity contribution in [2.75, 3.05) is 13.2 Å². The van der Waals surface area contributed by atoms with E-state index in [-0.39, 0.29) is 24.3 Å². The molecule has 0 aromatic heterocycles. The maximum Gasteiger partial charge on any atom is 0.307 e. The molecule has 0 N–H and O–H groups in total. The second-order valence-electron chi connectivity index (χ2n) is 6.56. The van der Waals surface area contributed by atoms with Crippen LogP contribution in [0.15, 0.2) is 24.3 Å². The summed E-state index contributed by atoms with van der Waals surface area (Å²) in [5, 5.41) is 0.550. The molecule has 1 saturated carbocycles. The first-order valence-corrected chi connectivity index (χ1v) is 9.71. The van der Waals surface area contributed by atoms with Crippen molar-refractivity contribution >= 4 is 23.5 Å². The Morgan fingerprint density at radius 2 is 1.84 bits per heavy atom. The quantitative estimate of drug-likeness (QED) is 0.677. The van der Waals surface area contributed by atoms with Crippen molar-refractivity contribution in [3.63, 3.8) is 0 Å². The molecule has 1 aromatic rings. The van der Waals surface area contributed by atoms with Crippen molar-refractivity contribution in [2.45, 2.75) is 64.3 Å². The van der Waals surface area contributed by atoms with Gasteiger partial charge in [0.25, 0.3) is 5.91 Å². The van der Waals surface area contributed by atoms with Crippen molar-refractivity contribution in [3.8, 4) is 0 Å². The van der Waals surface area contributed by atoms with E-state index in [9.17, 15) is 9.59 Å². The Bertz CT molecular complexity index is 568. The molecule has 1 aromatic carbocycles. The number of amides is 1. The third-order valence-electron chi connectivity index (χ3n) is 4.71. The first-order valence-electron chi connectivity index (χ1n) is 9.34. The molecule has 0 atom stereocenters. The van der Waals surface area contributed by atoms with Crippen molar-refractivity contribution in [2.24, 2.45) is 0 Å². The molecule has 0 radical (unpaired) electrons. The Morgan fingerprint density at radius 3 is 2.48 bits per heavy atom. The second kappa shape index (κ2) is 10.4. The highest BCUT2D eigenvalue weighted by molar-refractivity contribution is 6.30. The first kappa shape index (κ1) is 19.8.